The maximum Gasteiger partial charge on any atom is 0.358 e. The molecule has 0 spiro atoms. The molecule has 0 bridgehead atoms. The summed E-state index contributed by atoms with van der Waals surface area (Å²) in [6.07, 6.45) is 1.69. The lowest BCUT2D eigenvalue weighted by Crippen LogP contribution is -2.49. The Bertz CT molecular complexity index is 1100. The Labute approximate surface area is 193 Å². The Morgan fingerprint density at radius 2 is 1.76 bits per heavy atom. The van der Waals surface area contributed by atoms with Gasteiger partial charge in [-0.25, -0.2) is 14.5 Å². The highest BCUT2D eigenvalue weighted by Crippen LogP contribution is 2.27. The number of pyridine rings is 1. The monoisotopic (exact) mass is 447 g/mol. The highest BCUT2D eigenvalue weighted by Gasteiger charge is 2.23. The quantitative estimate of drug-likeness (QED) is 0.539. The maximum atomic E-state index is 12.3. The van der Waals surface area contributed by atoms with Crippen LogP contribution in [0, 0.1) is 5.92 Å². The van der Waals surface area contributed by atoms with Crippen LogP contribution in [0.3, 0.4) is 0 Å². The largest absolute Gasteiger partial charge is 0.461 e. The molecule has 1 aromatic carbocycles. The van der Waals surface area contributed by atoms with Gasteiger partial charge in [0.25, 0.3) is 0 Å². The fraction of sp³-hybridized carbons (Fsp3) is 0.360. The molecule has 0 radical (unpaired) electrons. The normalized spacial score (nSPS) is 13.9. The smallest absolute Gasteiger partial charge is 0.358 e. The molecular weight excluding hydrogens is 418 g/mol. The number of carbonyl (C=O) groups excluding carboxylic acids is 2. The summed E-state index contributed by atoms with van der Waals surface area (Å²) in [6.45, 7) is 9.00. The molecule has 0 N–H and O–H groups in total. The first kappa shape index (κ1) is 22.5. The van der Waals surface area contributed by atoms with E-state index >= 15 is 0 Å². The zero-order valence-corrected chi connectivity index (χ0v) is 19.3. The van der Waals surface area contributed by atoms with Crippen LogP contribution in [0.1, 0.15) is 31.3 Å². The van der Waals surface area contributed by atoms with Crippen LogP contribution in [0.4, 0.5) is 5.69 Å². The van der Waals surface area contributed by atoms with Crippen LogP contribution in [0.2, 0.25) is 0 Å². The van der Waals surface area contributed by atoms with Gasteiger partial charge < -0.3 is 14.5 Å². The van der Waals surface area contributed by atoms with Gasteiger partial charge in [-0.1, -0.05) is 32.0 Å². The number of nitrogens with zero attached hydrogens (tertiary/aromatic N) is 5. The highest BCUT2D eigenvalue weighted by atomic mass is 16.5. The second-order valence-electron chi connectivity index (χ2n) is 8.25. The molecule has 2 aromatic heterocycles. The molecule has 33 heavy (non-hydrogen) atoms. The molecule has 1 fully saturated rings. The number of rotatable bonds is 6. The molecule has 3 heterocycles. The van der Waals surface area contributed by atoms with Gasteiger partial charge in [0.2, 0.25) is 5.91 Å². The number of piperazine rings is 1. The lowest BCUT2D eigenvalue weighted by atomic mass is 10.1. The lowest BCUT2D eigenvalue weighted by molar-refractivity contribution is -0.134. The van der Waals surface area contributed by atoms with Crippen molar-refractivity contribution in [1.29, 1.82) is 0 Å². The van der Waals surface area contributed by atoms with E-state index in [1.165, 1.54) is 0 Å². The van der Waals surface area contributed by atoms with Crippen molar-refractivity contribution in [1.82, 2.24) is 19.7 Å². The first-order valence-corrected chi connectivity index (χ1v) is 11.3. The average Bonchev–Trinajstić information content (AvgIpc) is 3.30. The second kappa shape index (κ2) is 9.85. The highest BCUT2D eigenvalue weighted by molar-refractivity contribution is 5.89. The Morgan fingerprint density at radius 1 is 1.03 bits per heavy atom. The number of aromatic nitrogens is 3. The fourth-order valence-electron chi connectivity index (χ4n) is 3.94. The van der Waals surface area contributed by atoms with Crippen molar-refractivity contribution in [2.45, 2.75) is 20.8 Å². The van der Waals surface area contributed by atoms with E-state index in [4.69, 9.17) is 4.74 Å². The first-order chi connectivity index (χ1) is 16.0. The van der Waals surface area contributed by atoms with Gasteiger partial charge in [-0.15, -0.1) is 0 Å². The Hall–Kier alpha value is -3.68. The van der Waals surface area contributed by atoms with Crippen molar-refractivity contribution in [3.05, 3.63) is 60.4 Å². The van der Waals surface area contributed by atoms with E-state index in [0.717, 1.165) is 43.1 Å². The third-order valence-corrected chi connectivity index (χ3v) is 5.67. The molecule has 0 unspecified atom stereocenters. The molecule has 8 nitrogen and oxygen atoms in total. The molecule has 0 atom stereocenters. The van der Waals surface area contributed by atoms with Crippen molar-refractivity contribution in [2.75, 3.05) is 37.7 Å². The molecule has 4 rings (SSSR count). The molecule has 3 aromatic rings. The van der Waals surface area contributed by atoms with E-state index in [1.807, 2.05) is 49.1 Å². The zero-order valence-electron chi connectivity index (χ0n) is 19.3. The number of anilines is 1. The summed E-state index contributed by atoms with van der Waals surface area (Å²) in [6, 6.07) is 15.5. The van der Waals surface area contributed by atoms with E-state index in [0.29, 0.717) is 5.82 Å². The lowest BCUT2D eigenvalue weighted by Gasteiger charge is -2.37. The Balaban J connectivity index is 1.56. The summed E-state index contributed by atoms with van der Waals surface area (Å²) in [5.74, 6) is 0.404. The number of amides is 1. The van der Waals surface area contributed by atoms with E-state index in [2.05, 4.69) is 27.1 Å². The number of benzene rings is 1. The molecule has 1 saturated heterocycles. The molecule has 0 aliphatic carbocycles. The third-order valence-electron chi connectivity index (χ3n) is 5.67. The summed E-state index contributed by atoms with van der Waals surface area (Å²) in [5, 5.41) is 4.46. The van der Waals surface area contributed by atoms with E-state index in [9.17, 15) is 9.59 Å². The summed E-state index contributed by atoms with van der Waals surface area (Å²) >= 11 is 0. The van der Waals surface area contributed by atoms with Crippen LogP contribution >= 0.6 is 0 Å². The fourth-order valence-corrected chi connectivity index (χ4v) is 3.94. The Kier molecular flexibility index (Phi) is 6.72. The van der Waals surface area contributed by atoms with Crippen LogP contribution in [0.5, 0.6) is 0 Å². The van der Waals surface area contributed by atoms with E-state index in [-0.39, 0.29) is 24.1 Å². The van der Waals surface area contributed by atoms with Crippen molar-refractivity contribution >= 4 is 17.6 Å². The summed E-state index contributed by atoms with van der Waals surface area (Å²) < 4.78 is 6.80. The predicted molar refractivity (Wildman–Crippen MR) is 126 cm³/mol. The van der Waals surface area contributed by atoms with Crippen LogP contribution in [0.25, 0.3) is 17.1 Å². The summed E-state index contributed by atoms with van der Waals surface area (Å²) in [7, 11) is 0. The summed E-state index contributed by atoms with van der Waals surface area (Å²) in [5.41, 5.74) is 3.02. The van der Waals surface area contributed by atoms with Crippen molar-refractivity contribution in [3.63, 3.8) is 0 Å². The van der Waals surface area contributed by atoms with Gasteiger partial charge in [0.05, 0.1) is 12.3 Å². The molecular formula is C25H29N5O3. The average molecular weight is 448 g/mol. The van der Waals surface area contributed by atoms with Crippen LogP contribution in [-0.2, 0) is 9.53 Å². The van der Waals surface area contributed by atoms with E-state index < -0.39 is 5.97 Å². The number of carbonyl (C=O) groups is 2. The van der Waals surface area contributed by atoms with Gasteiger partial charge in [-0.3, -0.25) is 4.79 Å². The summed E-state index contributed by atoms with van der Waals surface area (Å²) in [4.78, 5) is 33.2. The molecule has 8 heteroatoms. The van der Waals surface area contributed by atoms with Gasteiger partial charge in [0, 0.05) is 49.5 Å². The first-order valence-electron chi connectivity index (χ1n) is 11.3. The standard InChI is InChI=1S/C25H29N5O3/c1-4-33-25(32)21-17-22(30(27-21)23-7-5-6-12-26-23)19-8-10-20(11-9-19)28-13-15-29(16-14-28)24(31)18(2)3/h5-12,17-18H,4,13-16H2,1-3H3. The van der Waals surface area contributed by atoms with Crippen LogP contribution < -0.4 is 4.90 Å². The van der Waals surface area contributed by atoms with Crippen molar-refractivity contribution in [2.24, 2.45) is 5.92 Å². The maximum absolute atomic E-state index is 12.3. The van der Waals surface area contributed by atoms with Gasteiger partial charge in [-0.05, 0) is 37.3 Å². The minimum Gasteiger partial charge on any atom is -0.461 e. The molecule has 1 amide bonds. The number of hydrogen-bond acceptors (Lipinski definition) is 6. The Morgan fingerprint density at radius 3 is 2.36 bits per heavy atom. The number of ether oxygens (including phenoxy) is 1. The van der Waals surface area contributed by atoms with Gasteiger partial charge in [0.15, 0.2) is 11.5 Å². The topological polar surface area (TPSA) is 80.6 Å². The molecule has 1 aliphatic rings. The van der Waals surface area contributed by atoms with Crippen molar-refractivity contribution < 1.29 is 14.3 Å². The third kappa shape index (κ3) is 4.89. The molecule has 172 valence electrons. The minimum atomic E-state index is -0.459. The zero-order chi connectivity index (χ0) is 23.4. The van der Waals surface area contributed by atoms with Gasteiger partial charge in [0.1, 0.15) is 0 Å². The molecule has 0 saturated carbocycles. The number of esters is 1. The van der Waals surface area contributed by atoms with Crippen LogP contribution in [-0.4, -0.2) is 64.3 Å². The second-order valence-corrected chi connectivity index (χ2v) is 8.25. The minimum absolute atomic E-state index is 0.0271. The molecule has 1 aliphatic heterocycles. The van der Waals surface area contributed by atoms with Crippen LogP contribution in [0.15, 0.2) is 54.7 Å². The predicted octanol–water partition coefficient (Wildman–Crippen LogP) is 3.42. The van der Waals surface area contributed by atoms with E-state index in [1.54, 1.807) is 23.9 Å². The van der Waals surface area contributed by atoms with Gasteiger partial charge in [-0.2, -0.15) is 5.10 Å². The van der Waals surface area contributed by atoms with Gasteiger partial charge >= 0.3 is 5.97 Å². The SMILES string of the molecule is CCOC(=O)c1cc(-c2ccc(N3CCN(C(=O)C(C)C)CC3)cc2)n(-c2ccccn2)n1. The van der Waals surface area contributed by atoms with Crippen molar-refractivity contribution in [3.8, 4) is 17.1 Å². The number of hydrogen-bond donors (Lipinski definition) is 0.